The second kappa shape index (κ2) is 3.30. The summed E-state index contributed by atoms with van der Waals surface area (Å²) in [5, 5.41) is 0. The van der Waals surface area contributed by atoms with E-state index in [2.05, 4.69) is 6.07 Å². The molecule has 0 aromatic heterocycles. The zero-order chi connectivity index (χ0) is 9.26. The van der Waals surface area contributed by atoms with Crippen molar-refractivity contribution in [2.75, 3.05) is 7.05 Å². The molecule has 1 aliphatic rings. The molecule has 0 radical (unpaired) electrons. The van der Waals surface area contributed by atoms with Crippen molar-refractivity contribution in [1.29, 1.82) is 0 Å². The Balaban J connectivity index is 2.46. The van der Waals surface area contributed by atoms with Crippen molar-refractivity contribution < 1.29 is 9.69 Å². The molecule has 2 rings (SSSR count). The van der Waals surface area contributed by atoms with Gasteiger partial charge in [0.1, 0.15) is 5.69 Å². The molecule has 1 unspecified atom stereocenters. The molecule has 0 spiro atoms. The Morgan fingerprint density at radius 1 is 1.23 bits per heavy atom. The molecule has 1 atom stereocenters. The molecule has 0 fully saturated rings. The van der Waals surface area contributed by atoms with E-state index in [0.717, 1.165) is 23.4 Å². The molecule has 2 heteroatoms. The Labute approximate surface area is 78.2 Å². The number of carbonyl (C=O) groups is 1. The topological polar surface area (TPSA) is 21.5 Å². The van der Waals surface area contributed by atoms with E-state index < -0.39 is 0 Å². The third kappa shape index (κ3) is 1.49. The number of carbonyl (C=O) groups excluding carboxylic acids is 1. The van der Waals surface area contributed by atoms with Gasteiger partial charge in [0, 0.05) is 5.56 Å². The number of benzene rings is 1. The third-order valence-corrected chi connectivity index (χ3v) is 2.69. The molecule has 1 aliphatic heterocycles. The molecule has 2 nitrogen and oxygen atoms in total. The van der Waals surface area contributed by atoms with E-state index in [1.165, 1.54) is 5.56 Å². The number of para-hydroxylation sites is 1. The summed E-state index contributed by atoms with van der Waals surface area (Å²) in [6.07, 6.45) is 2.74. The number of amides is 1. The van der Waals surface area contributed by atoms with Crippen LogP contribution < -0.4 is 4.90 Å². The summed E-state index contributed by atoms with van der Waals surface area (Å²) in [7, 11) is 1.94. The van der Waals surface area contributed by atoms with Crippen LogP contribution in [0.3, 0.4) is 0 Å². The standard InChI is InChI=1S/C11H13NO/c1-12-10-7-3-2-5-9(10)6-4-8-11(12)13/h2-3,5,7H,4,6,8H2,1H3/p+1. The number of fused-ring (bicyclic) bond motifs is 1. The first-order valence-electron chi connectivity index (χ1n) is 4.74. The van der Waals surface area contributed by atoms with Gasteiger partial charge in [0.05, 0.1) is 13.5 Å². The minimum absolute atomic E-state index is 0.310. The smallest absolute Gasteiger partial charge is 0.242 e. The van der Waals surface area contributed by atoms with Crippen LogP contribution >= 0.6 is 0 Å². The Bertz CT molecular complexity index is 333. The van der Waals surface area contributed by atoms with Crippen LogP contribution in [0.15, 0.2) is 24.3 Å². The van der Waals surface area contributed by atoms with Gasteiger partial charge in [-0.2, -0.15) is 0 Å². The highest BCUT2D eigenvalue weighted by atomic mass is 16.2. The van der Waals surface area contributed by atoms with Gasteiger partial charge in [-0.15, -0.1) is 0 Å². The molecule has 1 N–H and O–H groups in total. The quantitative estimate of drug-likeness (QED) is 0.617. The number of hydrogen-bond donors (Lipinski definition) is 1. The van der Waals surface area contributed by atoms with Gasteiger partial charge in [0.2, 0.25) is 0 Å². The van der Waals surface area contributed by atoms with Crippen LogP contribution in [0.4, 0.5) is 5.69 Å². The average molecular weight is 176 g/mol. The molecule has 0 saturated carbocycles. The summed E-state index contributed by atoms with van der Waals surface area (Å²) < 4.78 is 0. The molecule has 0 bridgehead atoms. The van der Waals surface area contributed by atoms with Gasteiger partial charge in [0.15, 0.2) is 0 Å². The van der Waals surface area contributed by atoms with E-state index in [1.807, 2.05) is 25.2 Å². The monoisotopic (exact) mass is 176 g/mol. The van der Waals surface area contributed by atoms with Gasteiger partial charge in [-0.3, -0.25) is 0 Å². The summed E-state index contributed by atoms with van der Waals surface area (Å²) >= 11 is 0. The summed E-state index contributed by atoms with van der Waals surface area (Å²) in [6, 6.07) is 8.22. The second-order valence-corrected chi connectivity index (χ2v) is 3.56. The van der Waals surface area contributed by atoms with Crippen molar-refractivity contribution in [3.63, 3.8) is 0 Å². The lowest BCUT2D eigenvalue weighted by molar-refractivity contribution is -0.724. The van der Waals surface area contributed by atoms with Crippen LogP contribution in [-0.4, -0.2) is 13.0 Å². The van der Waals surface area contributed by atoms with Crippen molar-refractivity contribution >= 4 is 11.6 Å². The van der Waals surface area contributed by atoms with Gasteiger partial charge in [-0.1, -0.05) is 18.2 Å². The predicted molar refractivity (Wildman–Crippen MR) is 50.9 cm³/mol. The zero-order valence-corrected chi connectivity index (χ0v) is 7.84. The maximum absolute atomic E-state index is 11.5. The van der Waals surface area contributed by atoms with Gasteiger partial charge in [0.25, 0.3) is 0 Å². The molecule has 1 aromatic rings. The van der Waals surface area contributed by atoms with Crippen LogP contribution in [0.25, 0.3) is 0 Å². The fourth-order valence-corrected chi connectivity index (χ4v) is 1.88. The van der Waals surface area contributed by atoms with Crippen LogP contribution in [0.2, 0.25) is 0 Å². The maximum Gasteiger partial charge on any atom is 0.316 e. The first-order valence-corrected chi connectivity index (χ1v) is 4.74. The lowest BCUT2D eigenvalue weighted by Gasteiger charge is -2.10. The number of quaternary nitrogens is 1. The highest BCUT2D eigenvalue weighted by Gasteiger charge is 2.23. The van der Waals surface area contributed by atoms with Crippen molar-refractivity contribution in [1.82, 2.24) is 0 Å². The van der Waals surface area contributed by atoms with Crippen molar-refractivity contribution in [3.8, 4) is 0 Å². The van der Waals surface area contributed by atoms with Crippen molar-refractivity contribution in [2.24, 2.45) is 0 Å². The molecule has 1 heterocycles. The van der Waals surface area contributed by atoms with Crippen LogP contribution in [0.1, 0.15) is 18.4 Å². The first-order chi connectivity index (χ1) is 6.29. The molecule has 0 saturated heterocycles. The van der Waals surface area contributed by atoms with E-state index in [-0.39, 0.29) is 0 Å². The Morgan fingerprint density at radius 3 is 2.85 bits per heavy atom. The summed E-state index contributed by atoms with van der Waals surface area (Å²) in [4.78, 5) is 12.5. The number of rotatable bonds is 0. The molecule has 68 valence electrons. The van der Waals surface area contributed by atoms with E-state index >= 15 is 0 Å². The van der Waals surface area contributed by atoms with Crippen molar-refractivity contribution in [3.05, 3.63) is 29.8 Å². The number of hydrogen-bond acceptors (Lipinski definition) is 1. The van der Waals surface area contributed by atoms with Crippen LogP contribution in [0, 0.1) is 0 Å². The van der Waals surface area contributed by atoms with Gasteiger partial charge in [-0.25, -0.2) is 9.69 Å². The highest BCUT2D eigenvalue weighted by molar-refractivity contribution is 5.70. The van der Waals surface area contributed by atoms with E-state index in [1.54, 1.807) is 0 Å². The number of nitrogens with one attached hydrogen (secondary N) is 1. The largest absolute Gasteiger partial charge is 0.316 e. The highest BCUT2D eigenvalue weighted by Crippen LogP contribution is 2.15. The molecular weight excluding hydrogens is 162 g/mol. The molecular formula is C11H14NO+. The number of aryl methyl sites for hydroxylation is 1. The molecule has 13 heavy (non-hydrogen) atoms. The zero-order valence-electron chi connectivity index (χ0n) is 7.84. The normalized spacial score (nSPS) is 22.2. The molecule has 0 aliphatic carbocycles. The molecule has 1 aromatic carbocycles. The summed E-state index contributed by atoms with van der Waals surface area (Å²) in [5.74, 6) is 0.310. The van der Waals surface area contributed by atoms with Gasteiger partial charge < -0.3 is 0 Å². The van der Waals surface area contributed by atoms with E-state index in [4.69, 9.17) is 0 Å². The fourth-order valence-electron chi connectivity index (χ4n) is 1.88. The third-order valence-electron chi connectivity index (χ3n) is 2.69. The summed E-state index contributed by atoms with van der Waals surface area (Å²) in [5.41, 5.74) is 2.48. The summed E-state index contributed by atoms with van der Waals surface area (Å²) in [6.45, 7) is 0. The lowest BCUT2D eigenvalue weighted by atomic mass is 10.1. The van der Waals surface area contributed by atoms with E-state index in [0.29, 0.717) is 12.3 Å². The van der Waals surface area contributed by atoms with Gasteiger partial charge in [-0.05, 0) is 18.9 Å². The predicted octanol–water partition coefficient (Wildman–Crippen LogP) is 0.696. The molecule has 1 amide bonds. The second-order valence-electron chi connectivity index (χ2n) is 3.56. The SMILES string of the molecule is C[NH+]1C(=O)CCCc2ccccc21. The Hall–Kier alpha value is -1.15. The minimum atomic E-state index is 0.310. The first kappa shape index (κ1) is 8.45. The Kier molecular flexibility index (Phi) is 2.15. The fraction of sp³-hybridized carbons (Fsp3) is 0.364. The van der Waals surface area contributed by atoms with Crippen molar-refractivity contribution in [2.45, 2.75) is 19.3 Å². The van der Waals surface area contributed by atoms with Crippen LogP contribution in [0.5, 0.6) is 0 Å². The lowest BCUT2D eigenvalue weighted by Crippen LogP contribution is -3.06. The van der Waals surface area contributed by atoms with Gasteiger partial charge >= 0.3 is 5.91 Å². The van der Waals surface area contributed by atoms with E-state index in [9.17, 15) is 4.79 Å². The minimum Gasteiger partial charge on any atom is -0.242 e. The Morgan fingerprint density at radius 2 is 2.00 bits per heavy atom. The van der Waals surface area contributed by atoms with Crippen LogP contribution in [-0.2, 0) is 11.2 Å². The average Bonchev–Trinajstić information content (AvgIpc) is 2.29. The maximum atomic E-state index is 11.5.